The quantitative estimate of drug-likeness (QED) is 0.613. The monoisotopic (exact) mass is 384 g/mol. The largest absolute Gasteiger partial charge is 0.487 e. The Morgan fingerprint density at radius 3 is 2.78 bits per heavy atom. The minimum absolute atomic E-state index is 0.0176. The van der Waals surface area contributed by atoms with Gasteiger partial charge in [-0.2, -0.15) is 0 Å². The maximum absolute atomic E-state index is 6.47. The van der Waals surface area contributed by atoms with Crippen LogP contribution in [0.1, 0.15) is 59.3 Å². The number of aromatic nitrogens is 1. The summed E-state index contributed by atoms with van der Waals surface area (Å²) in [6.07, 6.45) is 5.79. The van der Waals surface area contributed by atoms with Crippen LogP contribution in [-0.2, 0) is 6.54 Å². The van der Waals surface area contributed by atoms with Gasteiger partial charge in [0.1, 0.15) is 11.4 Å². The lowest BCUT2D eigenvalue weighted by Gasteiger charge is -2.40. The smallest absolute Gasteiger partial charge is 0.191 e. The van der Waals surface area contributed by atoms with Crippen molar-refractivity contribution in [2.75, 3.05) is 7.05 Å². The van der Waals surface area contributed by atoms with E-state index in [4.69, 9.17) is 4.74 Å². The zero-order valence-electron chi connectivity index (χ0n) is 16.3. The lowest BCUT2D eigenvalue weighted by molar-refractivity contribution is 0.0396. The Labute approximate surface area is 165 Å². The molecule has 1 fully saturated rings. The Bertz CT molecular complexity index is 838. The molecule has 4 rings (SSSR count). The molecule has 1 atom stereocenters. The van der Waals surface area contributed by atoms with Crippen molar-refractivity contribution in [2.45, 2.75) is 64.1 Å². The number of fused-ring (bicyclic) bond motifs is 1. The van der Waals surface area contributed by atoms with Gasteiger partial charge in [0.25, 0.3) is 0 Å². The Kier molecular flexibility index (Phi) is 5.08. The van der Waals surface area contributed by atoms with E-state index in [9.17, 15) is 0 Å². The van der Waals surface area contributed by atoms with Crippen LogP contribution in [0.5, 0.6) is 5.75 Å². The number of para-hydroxylation sites is 1. The molecule has 1 aliphatic carbocycles. The summed E-state index contributed by atoms with van der Waals surface area (Å²) in [6.45, 7) is 4.86. The van der Waals surface area contributed by atoms with Crippen LogP contribution >= 0.6 is 11.3 Å². The van der Waals surface area contributed by atoms with Crippen LogP contribution in [0.3, 0.4) is 0 Å². The summed E-state index contributed by atoms with van der Waals surface area (Å²) in [4.78, 5) is 10.2. The second-order valence-corrected chi connectivity index (χ2v) is 8.89. The van der Waals surface area contributed by atoms with E-state index in [1.54, 1.807) is 11.3 Å². The second kappa shape index (κ2) is 7.50. The second-order valence-electron chi connectivity index (χ2n) is 7.60. The minimum atomic E-state index is -0.0176. The zero-order chi connectivity index (χ0) is 18.9. The van der Waals surface area contributed by atoms with Crippen molar-refractivity contribution in [3.63, 3.8) is 0 Å². The van der Waals surface area contributed by atoms with Gasteiger partial charge in [-0.3, -0.25) is 4.99 Å². The highest BCUT2D eigenvalue weighted by atomic mass is 32.1. The van der Waals surface area contributed by atoms with Crippen LogP contribution in [0, 0.1) is 13.8 Å². The number of hydrogen-bond donors (Lipinski definition) is 2. The SMILES string of the molecule is CN=C(NCc1sc(C)nc1C)NC1CC2(CCCC2)Oc2ccccc21. The van der Waals surface area contributed by atoms with Gasteiger partial charge in [-0.1, -0.05) is 18.2 Å². The van der Waals surface area contributed by atoms with Crippen molar-refractivity contribution in [3.05, 3.63) is 45.4 Å². The molecule has 27 heavy (non-hydrogen) atoms. The number of hydrogen-bond acceptors (Lipinski definition) is 4. The lowest BCUT2D eigenvalue weighted by atomic mass is 9.86. The molecule has 6 heteroatoms. The van der Waals surface area contributed by atoms with Crippen LogP contribution in [-0.4, -0.2) is 23.6 Å². The first-order valence-corrected chi connectivity index (χ1v) is 10.6. The highest BCUT2D eigenvalue weighted by Gasteiger charge is 2.43. The standard InChI is InChI=1S/C21H28N4OS/c1-14-19(27-15(2)24-14)13-23-20(22-3)25-17-12-21(10-6-7-11-21)26-18-9-5-4-8-16(17)18/h4-5,8-9,17H,6-7,10-13H2,1-3H3,(H2,22,23,25). The first-order chi connectivity index (χ1) is 13.1. The van der Waals surface area contributed by atoms with E-state index in [1.165, 1.54) is 23.3 Å². The summed E-state index contributed by atoms with van der Waals surface area (Å²) in [5.41, 5.74) is 2.31. The lowest BCUT2D eigenvalue weighted by Crippen LogP contribution is -2.46. The van der Waals surface area contributed by atoms with Gasteiger partial charge in [-0.05, 0) is 45.6 Å². The molecule has 2 aromatic rings. The normalized spacial score (nSPS) is 21.0. The van der Waals surface area contributed by atoms with Crippen molar-refractivity contribution < 1.29 is 4.74 Å². The van der Waals surface area contributed by atoms with E-state index in [0.29, 0.717) is 0 Å². The van der Waals surface area contributed by atoms with Gasteiger partial charge < -0.3 is 15.4 Å². The highest BCUT2D eigenvalue weighted by Crippen LogP contribution is 2.46. The minimum Gasteiger partial charge on any atom is -0.487 e. The van der Waals surface area contributed by atoms with Gasteiger partial charge in [-0.15, -0.1) is 11.3 Å². The Morgan fingerprint density at radius 2 is 2.07 bits per heavy atom. The number of ether oxygens (including phenoxy) is 1. The number of benzene rings is 1. The van der Waals surface area contributed by atoms with Crippen LogP contribution in [0.25, 0.3) is 0 Å². The van der Waals surface area contributed by atoms with E-state index >= 15 is 0 Å². The van der Waals surface area contributed by atoms with E-state index in [2.05, 4.69) is 51.8 Å². The third kappa shape index (κ3) is 3.81. The fraction of sp³-hybridized carbons (Fsp3) is 0.524. The first kappa shape index (κ1) is 18.3. The zero-order valence-corrected chi connectivity index (χ0v) is 17.2. The Balaban J connectivity index is 1.50. The van der Waals surface area contributed by atoms with Crippen molar-refractivity contribution in [3.8, 4) is 5.75 Å². The van der Waals surface area contributed by atoms with E-state index in [1.807, 2.05) is 14.0 Å². The summed E-state index contributed by atoms with van der Waals surface area (Å²) in [5.74, 6) is 1.85. The van der Waals surface area contributed by atoms with Crippen molar-refractivity contribution in [1.82, 2.24) is 15.6 Å². The molecule has 1 unspecified atom stereocenters. The molecule has 0 amide bonds. The molecule has 1 saturated carbocycles. The fourth-order valence-electron chi connectivity index (χ4n) is 4.33. The van der Waals surface area contributed by atoms with Gasteiger partial charge in [0.15, 0.2) is 5.96 Å². The molecule has 5 nitrogen and oxygen atoms in total. The maximum Gasteiger partial charge on any atom is 0.191 e. The van der Waals surface area contributed by atoms with Crippen LogP contribution in [0.4, 0.5) is 0 Å². The third-order valence-electron chi connectivity index (χ3n) is 5.66. The number of nitrogens with one attached hydrogen (secondary N) is 2. The molecule has 0 radical (unpaired) electrons. The molecule has 1 spiro atoms. The molecular weight excluding hydrogens is 356 g/mol. The number of nitrogens with zero attached hydrogens (tertiary/aromatic N) is 2. The van der Waals surface area contributed by atoms with E-state index < -0.39 is 0 Å². The van der Waals surface area contributed by atoms with Gasteiger partial charge in [0.05, 0.1) is 23.3 Å². The highest BCUT2D eigenvalue weighted by molar-refractivity contribution is 7.11. The molecule has 1 aromatic heterocycles. The molecule has 2 aliphatic rings. The molecule has 1 aromatic carbocycles. The van der Waals surface area contributed by atoms with E-state index in [0.717, 1.165) is 48.2 Å². The summed E-state index contributed by atoms with van der Waals surface area (Å²) < 4.78 is 6.47. The third-order valence-corrected chi connectivity index (χ3v) is 6.74. The molecule has 1 aliphatic heterocycles. The van der Waals surface area contributed by atoms with Gasteiger partial charge in [-0.25, -0.2) is 4.98 Å². The molecule has 0 bridgehead atoms. The molecule has 2 N–H and O–H groups in total. The summed E-state index contributed by atoms with van der Waals surface area (Å²) in [7, 11) is 1.83. The van der Waals surface area contributed by atoms with Gasteiger partial charge in [0.2, 0.25) is 0 Å². The number of thiazole rings is 1. The number of aryl methyl sites for hydroxylation is 2. The average molecular weight is 385 g/mol. The van der Waals surface area contributed by atoms with Crippen LogP contribution in [0.2, 0.25) is 0 Å². The van der Waals surface area contributed by atoms with Gasteiger partial charge in [0, 0.05) is 23.9 Å². The topological polar surface area (TPSA) is 58.5 Å². The van der Waals surface area contributed by atoms with Crippen LogP contribution < -0.4 is 15.4 Å². The fourth-order valence-corrected chi connectivity index (χ4v) is 5.21. The number of guanidine groups is 1. The van der Waals surface area contributed by atoms with Crippen molar-refractivity contribution >= 4 is 17.3 Å². The van der Waals surface area contributed by atoms with Crippen molar-refractivity contribution in [2.24, 2.45) is 4.99 Å². The molecule has 144 valence electrons. The molecule has 0 saturated heterocycles. The van der Waals surface area contributed by atoms with Crippen LogP contribution in [0.15, 0.2) is 29.3 Å². The predicted molar refractivity (Wildman–Crippen MR) is 111 cm³/mol. The van der Waals surface area contributed by atoms with Crippen molar-refractivity contribution in [1.29, 1.82) is 0 Å². The average Bonchev–Trinajstić information content (AvgIpc) is 3.24. The number of aliphatic imine (C=N–C) groups is 1. The van der Waals surface area contributed by atoms with Gasteiger partial charge >= 0.3 is 0 Å². The molecule has 2 heterocycles. The number of rotatable bonds is 3. The Morgan fingerprint density at radius 1 is 1.30 bits per heavy atom. The maximum atomic E-state index is 6.47. The first-order valence-electron chi connectivity index (χ1n) is 9.77. The van der Waals surface area contributed by atoms with E-state index in [-0.39, 0.29) is 11.6 Å². The molecular formula is C21H28N4OS. The Hall–Kier alpha value is -2.08. The predicted octanol–water partition coefficient (Wildman–Crippen LogP) is 4.26. The summed E-state index contributed by atoms with van der Waals surface area (Å²) in [5, 5.41) is 8.22. The summed E-state index contributed by atoms with van der Waals surface area (Å²) >= 11 is 1.74. The summed E-state index contributed by atoms with van der Waals surface area (Å²) in [6, 6.07) is 8.62.